The van der Waals surface area contributed by atoms with Crippen molar-refractivity contribution < 1.29 is 13.9 Å². The molecule has 2 aromatic heterocycles. The van der Waals surface area contributed by atoms with Gasteiger partial charge in [-0.25, -0.2) is 4.39 Å². The average Bonchev–Trinajstić information content (AvgIpc) is 3.07. The van der Waals surface area contributed by atoms with Crippen LogP contribution >= 0.6 is 0 Å². The zero-order valence-corrected chi connectivity index (χ0v) is 17.3. The summed E-state index contributed by atoms with van der Waals surface area (Å²) in [4.78, 5) is 25.7. The number of piperazine rings is 1. The number of halogens is 1. The maximum absolute atomic E-state index is 13.7. The SMILES string of the molecule is COc1cncc(N2CCN(C(=O)c3cc(C)n(-c4cccc(F)c4)c3C)CC2)n1. The molecule has 1 fully saturated rings. The van der Waals surface area contributed by atoms with Crippen LogP contribution in [0.5, 0.6) is 5.88 Å². The van der Waals surface area contributed by atoms with E-state index in [1.165, 1.54) is 12.1 Å². The van der Waals surface area contributed by atoms with E-state index in [0.29, 0.717) is 43.3 Å². The number of aryl methyl sites for hydroxylation is 1. The number of carbonyl (C=O) groups excluding carboxylic acids is 1. The molecule has 4 rings (SSSR count). The van der Waals surface area contributed by atoms with Gasteiger partial charge >= 0.3 is 0 Å². The second-order valence-corrected chi connectivity index (χ2v) is 7.30. The molecule has 1 aliphatic rings. The normalized spacial score (nSPS) is 14.1. The van der Waals surface area contributed by atoms with Gasteiger partial charge in [-0.15, -0.1) is 0 Å². The van der Waals surface area contributed by atoms with Gasteiger partial charge in [0.05, 0.1) is 25.1 Å². The Hall–Kier alpha value is -3.42. The predicted octanol–water partition coefficient (Wildman–Crippen LogP) is 2.99. The minimum absolute atomic E-state index is 0.0119. The van der Waals surface area contributed by atoms with Gasteiger partial charge in [-0.1, -0.05) is 6.07 Å². The molecule has 30 heavy (non-hydrogen) atoms. The number of aromatic nitrogens is 3. The molecule has 1 amide bonds. The first-order valence-electron chi connectivity index (χ1n) is 9.83. The molecule has 0 bridgehead atoms. The van der Waals surface area contributed by atoms with E-state index in [4.69, 9.17) is 4.74 Å². The Morgan fingerprint density at radius 3 is 2.57 bits per heavy atom. The van der Waals surface area contributed by atoms with Crippen LogP contribution in [0.25, 0.3) is 5.69 Å². The van der Waals surface area contributed by atoms with Crippen LogP contribution in [0.15, 0.2) is 42.7 Å². The summed E-state index contributed by atoms with van der Waals surface area (Å²) in [5.74, 6) is 0.897. The van der Waals surface area contributed by atoms with E-state index in [1.54, 1.807) is 25.6 Å². The number of hydrogen-bond donors (Lipinski definition) is 0. The molecule has 0 saturated carbocycles. The van der Waals surface area contributed by atoms with Gasteiger partial charge in [-0.3, -0.25) is 9.78 Å². The first-order chi connectivity index (χ1) is 14.5. The highest BCUT2D eigenvalue weighted by atomic mass is 19.1. The van der Waals surface area contributed by atoms with Gasteiger partial charge in [-0.05, 0) is 38.1 Å². The third-order valence-electron chi connectivity index (χ3n) is 5.43. The Kier molecular flexibility index (Phi) is 5.39. The number of benzene rings is 1. The number of rotatable bonds is 4. The highest BCUT2D eigenvalue weighted by Crippen LogP contribution is 2.24. The molecule has 3 aromatic rings. The number of methoxy groups -OCH3 is 1. The van der Waals surface area contributed by atoms with Crippen molar-refractivity contribution in [3.63, 3.8) is 0 Å². The first-order valence-corrected chi connectivity index (χ1v) is 9.83. The van der Waals surface area contributed by atoms with E-state index in [-0.39, 0.29) is 11.7 Å². The molecule has 156 valence electrons. The van der Waals surface area contributed by atoms with Crippen LogP contribution in [0.1, 0.15) is 21.7 Å². The minimum Gasteiger partial charge on any atom is -0.480 e. The van der Waals surface area contributed by atoms with Crippen LogP contribution in [-0.2, 0) is 0 Å². The van der Waals surface area contributed by atoms with Crippen molar-refractivity contribution in [2.75, 3.05) is 38.2 Å². The summed E-state index contributed by atoms with van der Waals surface area (Å²) in [6.45, 7) is 6.32. The molecule has 0 N–H and O–H groups in total. The molecule has 8 heteroatoms. The molecule has 0 aliphatic carbocycles. The number of anilines is 1. The summed E-state index contributed by atoms with van der Waals surface area (Å²) in [7, 11) is 1.56. The van der Waals surface area contributed by atoms with Gasteiger partial charge in [0.15, 0.2) is 5.82 Å². The summed E-state index contributed by atoms with van der Waals surface area (Å²) < 4.78 is 20.7. The fraction of sp³-hybridized carbons (Fsp3) is 0.318. The Bertz CT molecular complexity index is 1070. The number of carbonyl (C=O) groups is 1. The lowest BCUT2D eigenvalue weighted by Gasteiger charge is -2.35. The van der Waals surface area contributed by atoms with E-state index in [1.807, 2.05) is 35.4 Å². The molecule has 0 spiro atoms. The number of amides is 1. The minimum atomic E-state index is -0.301. The van der Waals surface area contributed by atoms with E-state index in [9.17, 15) is 9.18 Å². The van der Waals surface area contributed by atoms with Gasteiger partial charge in [-0.2, -0.15) is 4.98 Å². The monoisotopic (exact) mass is 409 g/mol. The van der Waals surface area contributed by atoms with Crippen molar-refractivity contribution in [1.82, 2.24) is 19.4 Å². The van der Waals surface area contributed by atoms with Crippen molar-refractivity contribution in [2.45, 2.75) is 13.8 Å². The summed E-state index contributed by atoms with van der Waals surface area (Å²) in [5.41, 5.74) is 3.06. The smallest absolute Gasteiger partial charge is 0.255 e. The molecule has 7 nitrogen and oxygen atoms in total. The molecule has 3 heterocycles. The summed E-state index contributed by atoms with van der Waals surface area (Å²) in [5, 5.41) is 0. The van der Waals surface area contributed by atoms with Crippen LogP contribution in [-0.4, -0.2) is 58.6 Å². The molecule has 1 saturated heterocycles. The summed E-state index contributed by atoms with van der Waals surface area (Å²) in [6.07, 6.45) is 3.27. The summed E-state index contributed by atoms with van der Waals surface area (Å²) in [6, 6.07) is 8.28. The van der Waals surface area contributed by atoms with Gasteiger partial charge in [0.2, 0.25) is 5.88 Å². The average molecular weight is 409 g/mol. The van der Waals surface area contributed by atoms with Gasteiger partial charge in [0.1, 0.15) is 5.82 Å². The van der Waals surface area contributed by atoms with Crippen molar-refractivity contribution in [2.24, 2.45) is 0 Å². The zero-order chi connectivity index (χ0) is 21.3. The van der Waals surface area contributed by atoms with Crippen LogP contribution in [0.3, 0.4) is 0 Å². The largest absolute Gasteiger partial charge is 0.480 e. The second kappa shape index (κ2) is 8.14. The lowest BCUT2D eigenvalue weighted by Crippen LogP contribution is -2.49. The van der Waals surface area contributed by atoms with Gasteiger partial charge in [0, 0.05) is 43.3 Å². The molecule has 0 radical (unpaired) electrons. The Morgan fingerprint density at radius 2 is 1.87 bits per heavy atom. The van der Waals surface area contributed by atoms with E-state index in [0.717, 1.165) is 17.2 Å². The lowest BCUT2D eigenvalue weighted by molar-refractivity contribution is 0.0745. The highest BCUT2D eigenvalue weighted by molar-refractivity contribution is 5.96. The molecular formula is C22H24FN5O2. The maximum atomic E-state index is 13.7. The van der Waals surface area contributed by atoms with Crippen LogP contribution in [0, 0.1) is 19.7 Å². The molecule has 0 unspecified atom stereocenters. The number of nitrogens with zero attached hydrogens (tertiary/aromatic N) is 5. The van der Waals surface area contributed by atoms with Gasteiger partial charge in [0.25, 0.3) is 5.91 Å². The Balaban J connectivity index is 1.50. The fourth-order valence-electron chi connectivity index (χ4n) is 3.89. The zero-order valence-electron chi connectivity index (χ0n) is 17.3. The van der Waals surface area contributed by atoms with Crippen LogP contribution < -0.4 is 9.64 Å². The fourth-order valence-corrected chi connectivity index (χ4v) is 3.89. The van der Waals surface area contributed by atoms with E-state index in [2.05, 4.69) is 14.9 Å². The third kappa shape index (κ3) is 3.72. The van der Waals surface area contributed by atoms with Crippen LogP contribution in [0.2, 0.25) is 0 Å². The Morgan fingerprint density at radius 1 is 1.10 bits per heavy atom. The van der Waals surface area contributed by atoms with Crippen LogP contribution in [0.4, 0.5) is 10.2 Å². The van der Waals surface area contributed by atoms with Crippen molar-refractivity contribution in [1.29, 1.82) is 0 Å². The van der Waals surface area contributed by atoms with Crippen molar-refractivity contribution in [3.8, 4) is 11.6 Å². The highest BCUT2D eigenvalue weighted by Gasteiger charge is 2.26. The first kappa shape index (κ1) is 19.9. The van der Waals surface area contributed by atoms with Crippen molar-refractivity contribution >= 4 is 11.7 Å². The van der Waals surface area contributed by atoms with E-state index < -0.39 is 0 Å². The second-order valence-electron chi connectivity index (χ2n) is 7.30. The number of hydrogen-bond acceptors (Lipinski definition) is 5. The number of ether oxygens (including phenoxy) is 1. The third-order valence-corrected chi connectivity index (χ3v) is 5.43. The molecule has 0 atom stereocenters. The maximum Gasteiger partial charge on any atom is 0.255 e. The van der Waals surface area contributed by atoms with Crippen molar-refractivity contribution in [3.05, 3.63) is 65.5 Å². The Labute approximate surface area is 174 Å². The van der Waals surface area contributed by atoms with E-state index >= 15 is 0 Å². The molecular weight excluding hydrogens is 385 g/mol. The van der Waals surface area contributed by atoms with Gasteiger partial charge < -0.3 is 19.1 Å². The lowest BCUT2D eigenvalue weighted by atomic mass is 10.2. The predicted molar refractivity (Wildman–Crippen MR) is 112 cm³/mol. The molecule has 1 aliphatic heterocycles. The standard InChI is InChI=1S/C22H24FN5O2/c1-15-11-19(16(2)28(15)18-6-4-5-17(23)12-18)22(29)27-9-7-26(8-10-27)20-13-24-14-21(25-20)30-3/h4-6,11-14H,7-10H2,1-3H3. The quantitative estimate of drug-likeness (QED) is 0.663. The summed E-state index contributed by atoms with van der Waals surface area (Å²) >= 11 is 0. The topological polar surface area (TPSA) is 63.5 Å². The molecule has 1 aromatic carbocycles.